The maximum absolute atomic E-state index is 10.3. The second-order valence-electron chi connectivity index (χ2n) is 2.16. The van der Waals surface area contributed by atoms with Gasteiger partial charge in [0.15, 0.2) is 0 Å². The molecule has 0 N–H and O–H groups in total. The van der Waals surface area contributed by atoms with E-state index in [4.69, 9.17) is 0 Å². The van der Waals surface area contributed by atoms with Crippen LogP contribution in [0.3, 0.4) is 0 Å². The largest absolute Gasteiger partial charge is 0.300 e. The molecule has 0 saturated carbocycles. The maximum atomic E-state index is 10.3. The van der Waals surface area contributed by atoms with E-state index in [9.17, 15) is 4.79 Å². The Morgan fingerprint density at radius 1 is 1.56 bits per heavy atom. The lowest BCUT2D eigenvalue weighted by Crippen LogP contribution is -1.89. The Bertz CT molecular complexity index is 76.6. The molecule has 0 heterocycles. The molecule has 0 rings (SSSR count). The van der Waals surface area contributed by atoms with E-state index >= 15 is 0 Å². The van der Waals surface area contributed by atoms with Crippen molar-refractivity contribution in [3.05, 3.63) is 13.3 Å². The first-order valence-electron chi connectivity index (χ1n) is 3.40. The Balaban J connectivity index is 2.83. The van der Waals surface area contributed by atoms with Crippen molar-refractivity contribution in [3.63, 3.8) is 0 Å². The van der Waals surface area contributed by atoms with Crippen molar-refractivity contribution in [2.24, 2.45) is 0 Å². The van der Waals surface area contributed by atoms with Gasteiger partial charge < -0.3 is 0 Å². The molecule has 52 valence electrons. The predicted octanol–water partition coefficient (Wildman–Crippen LogP) is 2.17. The summed E-state index contributed by atoms with van der Waals surface area (Å²) in [7, 11) is 0. The summed E-state index contributed by atoms with van der Waals surface area (Å²) in [5, 5.41) is 0. The third kappa shape index (κ3) is 7.67. The van der Waals surface area contributed by atoms with Crippen LogP contribution < -0.4 is 0 Å². The number of hydrogen-bond acceptors (Lipinski definition) is 1. The lowest BCUT2D eigenvalue weighted by molar-refractivity contribution is -0.114. The van der Waals surface area contributed by atoms with E-state index in [1.165, 1.54) is 0 Å². The topological polar surface area (TPSA) is 17.1 Å². The molecule has 0 aliphatic carbocycles. The first-order valence-corrected chi connectivity index (χ1v) is 3.40. The Morgan fingerprint density at radius 2 is 2.22 bits per heavy atom. The minimum Gasteiger partial charge on any atom is -0.300 e. The summed E-state index contributed by atoms with van der Waals surface area (Å²) >= 11 is 0. The van der Waals surface area contributed by atoms with E-state index in [1.54, 1.807) is 13.3 Å². The summed E-state index contributed by atoms with van der Waals surface area (Å²) in [5.41, 5.74) is 0. The molecule has 0 aromatic rings. The normalized spacial score (nSPS) is 9.56. The maximum Gasteiger partial charge on any atom is 0.133 e. The van der Waals surface area contributed by atoms with Gasteiger partial charge >= 0.3 is 0 Å². The van der Waals surface area contributed by atoms with E-state index in [-0.39, 0.29) is 5.78 Å². The van der Waals surface area contributed by atoms with Crippen LogP contribution in [-0.2, 0) is 4.79 Å². The molecule has 0 spiro atoms. The highest BCUT2D eigenvalue weighted by Crippen LogP contribution is 2.00. The first-order chi connectivity index (χ1) is 4.27. The third-order valence-electron chi connectivity index (χ3n) is 1.14. The van der Waals surface area contributed by atoms with Gasteiger partial charge in [-0.1, -0.05) is 26.2 Å². The van der Waals surface area contributed by atoms with Crippen LogP contribution in [0.4, 0.5) is 0 Å². The number of carbonyl (C=O) groups excluding carboxylic acids is 1. The number of hydrogen-bond donors (Lipinski definition) is 0. The zero-order chi connectivity index (χ0) is 7.11. The molecular formula is C8H14O. The van der Waals surface area contributed by atoms with Crippen LogP contribution in [0.5, 0.6) is 0 Å². The predicted molar refractivity (Wildman–Crippen MR) is 38.8 cm³/mol. The van der Waals surface area contributed by atoms with Crippen LogP contribution >= 0.6 is 0 Å². The van der Waals surface area contributed by atoms with Crippen molar-refractivity contribution < 1.29 is 4.79 Å². The highest BCUT2D eigenvalue weighted by molar-refractivity contribution is 5.84. The van der Waals surface area contributed by atoms with Crippen molar-refractivity contribution in [1.29, 1.82) is 0 Å². The van der Waals surface area contributed by atoms with Crippen molar-refractivity contribution in [2.45, 2.75) is 32.6 Å². The average molecular weight is 126 g/mol. The molecule has 0 aliphatic rings. The Morgan fingerprint density at radius 3 is 2.67 bits per heavy atom. The van der Waals surface area contributed by atoms with Gasteiger partial charge in [-0.25, -0.2) is 0 Å². The van der Waals surface area contributed by atoms with Gasteiger partial charge in [-0.3, -0.25) is 4.79 Å². The van der Waals surface area contributed by atoms with Gasteiger partial charge in [0.2, 0.25) is 0 Å². The van der Waals surface area contributed by atoms with Crippen molar-refractivity contribution in [3.8, 4) is 0 Å². The van der Waals surface area contributed by atoms with Gasteiger partial charge in [-0.2, -0.15) is 0 Å². The van der Waals surface area contributed by atoms with Crippen LogP contribution in [-0.4, -0.2) is 5.78 Å². The van der Waals surface area contributed by atoms with Crippen LogP contribution in [0, 0.1) is 13.3 Å². The molecule has 0 bridgehead atoms. The van der Waals surface area contributed by atoms with E-state index in [0.717, 1.165) is 25.7 Å². The number of rotatable bonds is 5. The van der Waals surface area contributed by atoms with Gasteiger partial charge in [0.25, 0.3) is 0 Å². The minimum absolute atomic E-state index is 0.180. The Labute approximate surface area is 57.5 Å². The highest BCUT2D eigenvalue weighted by Gasteiger charge is 1.91. The van der Waals surface area contributed by atoms with E-state index in [2.05, 4.69) is 6.92 Å². The van der Waals surface area contributed by atoms with Crippen LogP contribution in [0.15, 0.2) is 0 Å². The van der Waals surface area contributed by atoms with Crippen LogP contribution in [0.2, 0.25) is 0 Å². The van der Waals surface area contributed by atoms with Gasteiger partial charge in [-0.05, 0) is 13.3 Å². The number of ketones is 1. The molecular weight excluding hydrogens is 112 g/mol. The monoisotopic (exact) mass is 126 g/mol. The van der Waals surface area contributed by atoms with Crippen molar-refractivity contribution in [2.75, 3.05) is 0 Å². The lowest BCUT2D eigenvalue weighted by atomic mass is 10.1. The molecule has 0 fully saturated rings. The third-order valence-corrected chi connectivity index (χ3v) is 1.14. The standard InChI is InChI=1S/C8H14O/c1-3-4-5-6-7-8(2)9/h7H,1,3-6H2,2H3. The molecule has 9 heavy (non-hydrogen) atoms. The second kappa shape index (κ2) is 5.80. The number of carbonyl (C=O) groups is 1. The summed E-state index contributed by atoms with van der Waals surface area (Å²) < 4.78 is 0. The summed E-state index contributed by atoms with van der Waals surface area (Å²) in [6, 6.07) is 0. The highest BCUT2D eigenvalue weighted by atomic mass is 16.1. The Kier molecular flexibility index (Phi) is 5.59. The number of unbranched alkanes of at least 4 members (excludes halogenated alkanes) is 3. The fourth-order valence-corrected chi connectivity index (χ4v) is 0.626. The smallest absolute Gasteiger partial charge is 0.133 e. The van der Waals surface area contributed by atoms with Gasteiger partial charge in [0.1, 0.15) is 5.78 Å². The van der Waals surface area contributed by atoms with Gasteiger partial charge in [0.05, 0.1) is 0 Å². The molecule has 1 heteroatoms. The minimum atomic E-state index is 0.180. The summed E-state index contributed by atoms with van der Waals surface area (Å²) in [5.74, 6) is 0.180. The first kappa shape index (κ1) is 8.67. The molecule has 0 aliphatic heterocycles. The van der Waals surface area contributed by atoms with Gasteiger partial charge in [-0.15, -0.1) is 0 Å². The van der Waals surface area contributed by atoms with E-state index < -0.39 is 0 Å². The van der Waals surface area contributed by atoms with Crippen molar-refractivity contribution >= 4 is 5.78 Å². The SMILES string of the molecule is [CH2]CCCC[CH]C(C)=O. The fourth-order valence-electron chi connectivity index (χ4n) is 0.626. The van der Waals surface area contributed by atoms with Crippen LogP contribution in [0.25, 0.3) is 0 Å². The quantitative estimate of drug-likeness (QED) is 0.516. The van der Waals surface area contributed by atoms with Crippen molar-refractivity contribution in [1.82, 2.24) is 0 Å². The number of Topliss-reactive ketones (excluding diaryl/α,β-unsaturated/α-hetero) is 1. The molecule has 2 radical (unpaired) electrons. The molecule has 0 saturated heterocycles. The summed E-state index contributed by atoms with van der Waals surface area (Å²) in [6.07, 6.45) is 5.86. The van der Waals surface area contributed by atoms with E-state index in [1.807, 2.05) is 0 Å². The second-order valence-corrected chi connectivity index (χ2v) is 2.16. The zero-order valence-electron chi connectivity index (χ0n) is 6.02. The molecule has 0 unspecified atom stereocenters. The summed E-state index contributed by atoms with van der Waals surface area (Å²) in [6.45, 7) is 5.29. The molecule has 1 nitrogen and oxygen atoms in total. The van der Waals surface area contributed by atoms with Crippen LogP contribution in [0.1, 0.15) is 32.6 Å². The Hall–Kier alpha value is -0.330. The molecule has 0 atom stereocenters. The molecule has 0 aromatic heterocycles. The molecule has 0 aromatic carbocycles. The molecule has 0 amide bonds. The van der Waals surface area contributed by atoms with Gasteiger partial charge in [0, 0.05) is 6.42 Å². The summed E-state index contributed by atoms with van der Waals surface area (Å²) in [4.78, 5) is 10.3. The average Bonchev–Trinajstić information content (AvgIpc) is 1.80. The fraction of sp³-hybridized carbons (Fsp3) is 0.625. The lowest BCUT2D eigenvalue weighted by Gasteiger charge is -1.93. The van der Waals surface area contributed by atoms with E-state index in [0.29, 0.717) is 0 Å². The zero-order valence-corrected chi connectivity index (χ0v) is 6.02.